The molecule has 4 nitrogen and oxygen atoms in total. The molecule has 0 aliphatic heterocycles. The van der Waals surface area contributed by atoms with E-state index in [9.17, 15) is 5.26 Å². The molecule has 3 aromatic heterocycles. The Morgan fingerprint density at radius 3 is 2.76 bits per heavy atom. The lowest BCUT2D eigenvalue weighted by Crippen LogP contribution is -1.99. The molecule has 0 saturated carbocycles. The fourth-order valence-corrected chi connectivity index (χ4v) is 3.01. The van der Waals surface area contributed by atoms with Crippen molar-refractivity contribution in [2.75, 3.05) is 5.73 Å². The van der Waals surface area contributed by atoms with Crippen LogP contribution in [0.3, 0.4) is 0 Å². The monoisotopic (exact) mass is 292 g/mol. The Labute approximate surface area is 126 Å². The number of hydrogen-bond donors (Lipinski definition) is 1. The summed E-state index contributed by atoms with van der Waals surface area (Å²) in [7, 11) is 0. The summed E-state index contributed by atoms with van der Waals surface area (Å²) >= 11 is 1.63. The van der Waals surface area contributed by atoms with E-state index in [-0.39, 0.29) is 5.82 Å². The van der Waals surface area contributed by atoms with Gasteiger partial charge in [0.1, 0.15) is 17.5 Å². The fourth-order valence-electron chi connectivity index (χ4n) is 2.12. The number of nitriles is 1. The average molecular weight is 292 g/mol. The van der Waals surface area contributed by atoms with Gasteiger partial charge in [-0.25, -0.2) is 4.98 Å². The van der Waals surface area contributed by atoms with Gasteiger partial charge in [-0.3, -0.25) is 4.98 Å². The van der Waals surface area contributed by atoms with Crippen LogP contribution in [0.1, 0.15) is 10.4 Å². The van der Waals surface area contributed by atoms with Gasteiger partial charge in [0.25, 0.3) is 0 Å². The third-order valence-electron chi connectivity index (χ3n) is 3.12. The van der Waals surface area contributed by atoms with E-state index in [4.69, 9.17) is 5.73 Å². The lowest BCUT2D eigenvalue weighted by Gasteiger charge is -2.08. The number of aromatic nitrogens is 2. The Morgan fingerprint density at radius 2 is 2.14 bits per heavy atom. The number of nitrogens with two attached hydrogens (primary N) is 1. The molecule has 0 aliphatic carbocycles. The summed E-state index contributed by atoms with van der Waals surface area (Å²) in [6.45, 7) is 2.03. The summed E-state index contributed by atoms with van der Waals surface area (Å²) in [5.41, 5.74) is 8.81. The van der Waals surface area contributed by atoms with Crippen molar-refractivity contribution < 1.29 is 0 Å². The third-order valence-corrected chi connectivity index (χ3v) is 4.16. The van der Waals surface area contributed by atoms with E-state index < -0.39 is 0 Å². The molecule has 3 heterocycles. The first kappa shape index (κ1) is 13.3. The van der Waals surface area contributed by atoms with E-state index in [0.29, 0.717) is 5.56 Å². The smallest absolute Gasteiger partial charge is 0.142 e. The molecule has 0 saturated heterocycles. The molecular formula is C16H12N4S. The normalized spacial score (nSPS) is 10.3. The number of nitrogens with zero attached hydrogens (tertiary/aromatic N) is 3. The van der Waals surface area contributed by atoms with Crippen molar-refractivity contribution in [2.45, 2.75) is 6.92 Å². The maximum Gasteiger partial charge on any atom is 0.142 e. The minimum Gasteiger partial charge on any atom is -0.383 e. The van der Waals surface area contributed by atoms with Crippen LogP contribution in [0.5, 0.6) is 0 Å². The van der Waals surface area contributed by atoms with Gasteiger partial charge in [0, 0.05) is 33.3 Å². The molecule has 0 radical (unpaired) electrons. The summed E-state index contributed by atoms with van der Waals surface area (Å²) in [5, 5.41) is 9.35. The van der Waals surface area contributed by atoms with Gasteiger partial charge in [0.15, 0.2) is 0 Å². The highest BCUT2D eigenvalue weighted by Gasteiger charge is 2.14. The topological polar surface area (TPSA) is 75.6 Å². The van der Waals surface area contributed by atoms with Crippen LogP contribution in [0, 0.1) is 18.3 Å². The third kappa shape index (κ3) is 2.49. The lowest BCUT2D eigenvalue weighted by molar-refractivity contribution is 1.27. The first-order chi connectivity index (χ1) is 10.2. The van der Waals surface area contributed by atoms with Gasteiger partial charge < -0.3 is 5.73 Å². The molecule has 0 aromatic carbocycles. The molecule has 0 spiro atoms. The van der Waals surface area contributed by atoms with Crippen molar-refractivity contribution in [3.05, 3.63) is 53.2 Å². The van der Waals surface area contributed by atoms with E-state index in [1.54, 1.807) is 23.7 Å². The summed E-state index contributed by atoms with van der Waals surface area (Å²) in [4.78, 5) is 10.6. The van der Waals surface area contributed by atoms with Crippen LogP contribution < -0.4 is 5.73 Å². The van der Waals surface area contributed by atoms with Gasteiger partial charge in [-0.1, -0.05) is 0 Å². The maximum atomic E-state index is 9.35. The Bertz CT molecular complexity index is 831. The summed E-state index contributed by atoms with van der Waals surface area (Å²) in [6.07, 6.45) is 3.44. The molecule has 3 rings (SSSR count). The molecule has 0 unspecified atom stereocenters. The zero-order valence-electron chi connectivity index (χ0n) is 11.4. The molecule has 3 aromatic rings. The number of aryl methyl sites for hydroxylation is 1. The van der Waals surface area contributed by atoms with Crippen molar-refractivity contribution in [2.24, 2.45) is 0 Å². The molecule has 0 aliphatic rings. The van der Waals surface area contributed by atoms with E-state index in [1.807, 2.05) is 37.3 Å². The number of hydrogen-bond acceptors (Lipinski definition) is 5. The lowest BCUT2D eigenvalue weighted by atomic mass is 10.0. The van der Waals surface area contributed by atoms with Crippen molar-refractivity contribution >= 4 is 17.2 Å². The maximum absolute atomic E-state index is 9.35. The minimum atomic E-state index is 0.250. The number of rotatable bonds is 2. The molecule has 2 N–H and O–H groups in total. The van der Waals surface area contributed by atoms with Gasteiger partial charge >= 0.3 is 0 Å². The van der Waals surface area contributed by atoms with Crippen molar-refractivity contribution in [3.63, 3.8) is 0 Å². The molecule has 0 amide bonds. The summed E-state index contributed by atoms with van der Waals surface area (Å²) in [5.74, 6) is 0.250. The minimum absolute atomic E-state index is 0.250. The van der Waals surface area contributed by atoms with Gasteiger partial charge in [-0.15, -0.1) is 11.3 Å². The highest BCUT2D eigenvalue weighted by molar-refractivity contribution is 7.15. The zero-order chi connectivity index (χ0) is 14.8. The fraction of sp³-hybridized carbons (Fsp3) is 0.0625. The van der Waals surface area contributed by atoms with Crippen LogP contribution in [0.25, 0.3) is 21.7 Å². The van der Waals surface area contributed by atoms with Crippen LogP contribution in [0.4, 0.5) is 5.82 Å². The van der Waals surface area contributed by atoms with Crippen LogP contribution in [-0.2, 0) is 0 Å². The van der Waals surface area contributed by atoms with Crippen LogP contribution in [0.2, 0.25) is 0 Å². The second-order valence-corrected chi connectivity index (χ2v) is 5.87. The highest BCUT2D eigenvalue weighted by Crippen LogP contribution is 2.34. The number of pyridine rings is 2. The van der Waals surface area contributed by atoms with E-state index in [1.165, 1.54) is 4.88 Å². The summed E-state index contributed by atoms with van der Waals surface area (Å²) < 4.78 is 0. The number of thiophene rings is 1. The Kier molecular flexibility index (Phi) is 3.38. The van der Waals surface area contributed by atoms with Crippen molar-refractivity contribution in [1.82, 2.24) is 9.97 Å². The number of nitrogen functional groups attached to an aromatic ring is 1. The molecular weight excluding hydrogens is 280 g/mol. The van der Waals surface area contributed by atoms with E-state index >= 15 is 0 Å². The van der Waals surface area contributed by atoms with Gasteiger partial charge in [0.05, 0.1) is 5.69 Å². The first-order valence-electron chi connectivity index (χ1n) is 6.37. The van der Waals surface area contributed by atoms with Crippen LogP contribution in [0.15, 0.2) is 42.7 Å². The standard InChI is InChI=1S/C16H12N4S/c1-10-4-5-15(21-10)12-7-14(11-3-2-6-19-9-11)20-16(18)13(12)8-17/h2-7,9H,1H3,(H2,18,20). The van der Waals surface area contributed by atoms with Crippen molar-refractivity contribution in [3.8, 4) is 27.8 Å². The van der Waals surface area contributed by atoms with E-state index in [2.05, 4.69) is 16.0 Å². The molecule has 0 atom stereocenters. The van der Waals surface area contributed by atoms with Gasteiger partial charge in [-0.2, -0.15) is 5.26 Å². The molecule has 21 heavy (non-hydrogen) atoms. The highest BCUT2D eigenvalue weighted by atomic mass is 32.1. The molecule has 0 fully saturated rings. The van der Waals surface area contributed by atoms with Crippen molar-refractivity contribution in [1.29, 1.82) is 5.26 Å². The SMILES string of the molecule is Cc1ccc(-c2cc(-c3cccnc3)nc(N)c2C#N)s1. The second-order valence-electron chi connectivity index (χ2n) is 4.58. The summed E-state index contributed by atoms with van der Waals surface area (Å²) in [6, 6.07) is 11.9. The number of anilines is 1. The molecule has 5 heteroatoms. The van der Waals surface area contributed by atoms with Crippen LogP contribution >= 0.6 is 11.3 Å². The quantitative estimate of drug-likeness (QED) is 0.782. The van der Waals surface area contributed by atoms with E-state index in [0.717, 1.165) is 21.7 Å². The second kappa shape index (κ2) is 5.35. The first-order valence-corrected chi connectivity index (χ1v) is 7.18. The molecule has 102 valence electrons. The molecule has 0 bridgehead atoms. The van der Waals surface area contributed by atoms with Gasteiger partial charge in [-0.05, 0) is 37.3 Å². The van der Waals surface area contributed by atoms with Gasteiger partial charge in [0.2, 0.25) is 0 Å². The Balaban J connectivity index is 2.23. The average Bonchev–Trinajstić information content (AvgIpc) is 2.94. The predicted octanol–water partition coefficient (Wildman–Crippen LogP) is 3.63. The Hall–Kier alpha value is -2.71. The zero-order valence-corrected chi connectivity index (χ0v) is 12.2. The largest absolute Gasteiger partial charge is 0.383 e. The predicted molar refractivity (Wildman–Crippen MR) is 84.6 cm³/mol. The Morgan fingerprint density at radius 1 is 1.29 bits per heavy atom. The van der Waals surface area contributed by atoms with Crippen LogP contribution in [-0.4, -0.2) is 9.97 Å².